The zero-order chi connectivity index (χ0) is 20.6. The zero-order valence-electron chi connectivity index (χ0n) is 16.0. The van der Waals surface area contributed by atoms with Gasteiger partial charge in [-0.3, -0.25) is 0 Å². The Morgan fingerprint density at radius 3 is 2.83 bits per heavy atom. The summed E-state index contributed by atoms with van der Waals surface area (Å²) in [6, 6.07) is 4.00. The SMILES string of the molecule is CC1(C)Oc2ccc(-c3nn[nH]n3)cc2C(C(NC2=CCCC=C2)C(=O)O)=C1O. The van der Waals surface area contributed by atoms with Crippen molar-refractivity contribution in [2.45, 2.75) is 38.3 Å². The van der Waals surface area contributed by atoms with Crippen molar-refractivity contribution in [3.8, 4) is 17.1 Å². The smallest absolute Gasteiger partial charge is 0.330 e. The summed E-state index contributed by atoms with van der Waals surface area (Å²) < 4.78 is 5.93. The molecule has 0 saturated carbocycles. The Hall–Kier alpha value is -3.62. The minimum absolute atomic E-state index is 0.143. The maximum absolute atomic E-state index is 12.2. The van der Waals surface area contributed by atoms with Gasteiger partial charge in [-0.05, 0) is 56.2 Å². The highest BCUT2D eigenvalue weighted by Gasteiger charge is 2.40. The zero-order valence-corrected chi connectivity index (χ0v) is 16.0. The van der Waals surface area contributed by atoms with Gasteiger partial charge in [0, 0.05) is 22.4 Å². The second kappa shape index (κ2) is 7.08. The van der Waals surface area contributed by atoms with Crippen LogP contribution in [0, 0.1) is 0 Å². The Balaban J connectivity index is 1.84. The third-order valence-corrected chi connectivity index (χ3v) is 4.91. The summed E-state index contributed by atoms with van der Waals surface area (Å²) >= 11 is 0. The van der Waals surface area contributed by atoms with Crippen LogP contribution in [0.2, 0.25) is 0 Å². The maximum atomic E-state index is 12.2. The molecule has 9 nitrogen and oxygen atoms in total. The van der Waals surface area contributed by atoms with Gasteiger partial charge in [-0.1, -0.05) is 12.2 Å². The van der Waals surface area contributed by atoms with Gasteiger partial charge in [0.05, 0.1) is 0 Å². The second-order valence-electron chi connectivity index (χ2n) is 7.38. The number of carboxylic acids is 1. The van der Waals surface area contributed by atoms with Crippen molar-refractivity contribution in [3.05, 3.63) is 53.4 Å². The third kappa shape index (κ3) is 3.46. The molecule has 0 fully saturated rings. The molecule has 1 aliphatic carbocycles. The highest BCUT2D eigenvalue weighted by molar-refractivity contribution is 5.95. The number of ether oxygens (including phenoxy) is 1. The molecule has 1 atom stereocenters. The molecule has 4 rings (SSSR count). The summed E-state index contributed by atoms with van der Waals surface area (Å²) in [6.07, 6.45) is 7.50. The van der Waals surface area contributed by atoms with Crippen LogP contribution in [0.3, 0.4) is 0 Å². The van der Waals surface area contributed by atoms with Crippen LogP contribution in [0.25, 0.3) is 17.0 Å². The molecule has 1 aromatic heterocycles. The lowest BCUT2D eigenvalue weighted by atomic mass is 9.87. The molecule has 2 aliphatic rings. The van der Waals surface area contributed by atoms with Crippen molar-refractivity contribution < 1.29 is 19.7 Å². The number of carbonyl (C=O) groups is 1. The molecule has 29 heavy (non-hydrogen) atoms. The molecule has 0 amide bonds. The second-order valence-corrected chi connectivity index (χ2v) is 7.38. The number of aromatic amines is 1. The summed E-state index contributed by atoms with van der Waals surface area (Å²) in [6.45, 7) is 3.38. The van der Waals surface area contributed by atoms with E-state index in [2.05, 4.69) is 25.9 Å². The van der Waals surface area contributed by atoms with Crippen LogP contribution in [0.5, 0.6) is 5.75 Å². The molecule has 0 bridgehead atoms. The maximum Gasteiger partial charge on any atom is 0.330 e. The number of carboxylic acid groups (broad SMARTS) is 1. The van der Waals surface area contributed by atoms with Crippen LogP contribution in [-0.2, 0) is 4.79 Å². The van der Waals surface area contributed by atoms with Crippen LogP contribution in [-0.4, -0.2) is 48.4 Å². The molecule has 1 unspecified atom stereocenters. The Labute approximate surface area is 166 Å². The number of benzene rings is 1. The number of rotatable bonds is 5. The van der Waals surface area contributed by atoms with Gasteiger partial charge in [0.25, 0.3) is 0 Å². The number of aliphatic hydroxyl groups is 1. The van der Waals surface area contributed by atoms with Crippen molar-refractivity contribution in [2.75, 3.05) is 0 Å². The van der Waals surface area contributed by atoms with E-state index in [1.54, 1.807) is 32.0 Å². The topological polar surface area (TPSA) is 133 Å². The van der Waals surface area contributed by atoms with Crippen molar-refractivity contribution >= 4 is 11.5 Å². The van der Waals surface area contributed by atoms with E-state index < -0.39 is 17.6 Å². The monoisotopic (exact) mass is 395 g/mol. The lowest BCUT2D eigenvalue weighted by Crippen LogP contribution is -2.43. The van der Waals surface area contributed by atoms with Crippen molar-refractivity contribution in [2.24, 2.45) is 0 Å². The van der Waals surface area contributed by atoms with E-state index in [-0.39, 0.29) is 11.3 Å². The average Bonchev–Trinajstić information content (AvgIpc) is 3.23. The molecule has 0 spiro atoms. The van der Waals surface area contributed by atoms with Crippen LogP contribution in [0.4, 0.5) is 0 Å². The van der Waals surface area contributed by atoms with Crippen molar-refractivity contribution in [1.82, 2.24) is 25.9 Å². The van der Waals surface area contributed by atoms with Crippen LogP contribution in [0.1, 0.15) is 32.3 Å². The van der Waals surface area contributed by atoms with Gasteiger partial charge in [0.2, 0.25) is 5.82 Å². The predicted octanol–water partition coefficient (Wildman–Crippen LogP) is 2.58. The number of allylic oxidation sites excluding steroid dienone is 3. The number of aliphatic carboxylic acids is 1. The summed E-state index contributed by atoms with van der Waals surface area (Å²) in [7, 11) is 0. The third-order valence-electron chi connectivity index (χ3n) is 4.91. The minimum Gasteiger partial charge on any atom is -0.508 e. The average molecular weight is 395 g/mol. The fraction of sp³-hybridized carbons (Fsp3) is 0.300. The first-order valence-electron chi connectivity index (χ1n) is 9.24. The number of fused-ring (bicyclic) bond motifs is 1. The number of hydrogen-bond acceptors (Lipinski definition) is 7. The van der Waals surface area contributed by atoms with E-state index in [1.165, 1.54) is 0 Å². The Bertz CT molecular complexity index is 1040. The minimum atomic E-state index is -1.17. The molecule has 4 N–H and O–H groups in total. The van der Waals surface area contributed by atoms with Crippen molar-refractivity contribution in [3.63, 3.8) is 0 Å². The first-order valence-corrected chi connectivity index (χ1v) is 9.24. The number of nitrogens with zero attached hydrogens (tertiary/aromatic N) is 3. The fourth-order valence-electron chi connectivity index (χ4n) is 3.46. The highest BCUT2D eigenvalue weighted by Crippen LogP contribution is 2.42. The van der Waals surface area contributed by atoms with E-state index in [4.69, 9.17) is 4.74 Å². The number of nitrogens with one attached hydrogen (secondary N) is 2. The summed E-state index contributed by atoms with van der Waals surface area (Å²) in [4.78, 5) is 12.2. The van der Waals surface area contributed by atoms with Gasteiger partial charge in [-0.15, -0.1) is 10.2 Å². The molecule has 9 heteroatoms. The lowest BCUT2D eigenvalue weighted by molar-refractivity contribution is -0.137. The van der Waals surface area contributed by atoms with Gasteiger partial charge < -0.3 is 20.3 Å². The number of aromatic nitrogens is 4. The molecular weight excluding hydrogens is 374 g/mol. The fourth-order valence-corrected chi connectivity index (χ4v) is 3.46. The first kappa shape index (κ1) is 18.7. The van der Waals surface area contributed by atoms with Gasteiger partial charge in [-0.2, -0.15) is 5.21 Å². The van der Waals surface area contributed by atoms with Crippen molar-refractivity contribution in [1.29, 1.82) is 0 Å². The highest BCUT2D eigenvalue weighted by atomic mass is 16.5. The Kier molecular flexibility index (Phi) is 4.57. The van der Waals surface area contributed by atoms with E-state index in [0.29, 0.717) is 28.4 Å². The molecular formula is C20H21N5O4. The number of tetrazole rings is 1. The van der Waals surface area contributed by atoms with Gasteiger partial charge >= 0.3 is 5.97 Å². The Morgan fingerprint density at radius 2 is 2.17 bits per heavy atom. The van der Waals surface area contributed by atoms with E-state index in [1.807, 2.05) is 18.2 Å². The predicted molar refractivity (Wildman–Crippen MR) is 105 cm³/mol. The molecule has 1 aliphatic heterocycles. The first-order chi connectivity index (χ1) is 13.9. The lowest BCUT2D eigenvalue weighted by Gasteiger charge is -2.36. The van der Waals surface area contributed by atoms with Crippen LogP contribution >= 0.6 is 0 Å². The molecule has 0 radical (unpaired) electrons. The Morgan fingerprint density at radius 1 is 1.34 bits per heavy atom. The number of H-pyrrole nitrogens is 1. The molecule has 1 aromatic carbocycles. The molecule has 2 aromatic rings. The van der Waals surface area contributed by atoms with Crippen LogP contribution in [0.15, 0.2) is 47.9 Å². The standard InChI is InChI=1S/C20H21N5O4/c1-20(2)17(26)15(16(19(27)28)21-12-6-4-3-5-7-12)13-10-11(8-9-14(13)29-20)18-22-24-25-23-18/h4,6-10,16,21,26H,3,5H2,1-2H3,(H,27,28)(H,22,23,24,25). The molecule has 150 valence electrons. The number of hydrogen-bond donors (Lipinski definition) is 4. The van der Waals surface area contributed by atoms with Crippen LogP contribution < -0.4 is 10.1 Å². The van der Waals surface area contributed by atoms with E-state index >= 15 is 0 Å². The van der Waals surface area contributed by atoms with E-state index in [0.717, 1.165) is 12.8 Å². The quantitative estimate of drug-likeness (QED) is 0.607. The normalized spacial score (nSPS) is 18.5. The largest absolute Gasteiger partial charge is 0.508 e. The molecule has 0 saturated heterocycles. The molecule has 2 heterocycles. The van der Waals surface area contributed by atoms with Gasteiger partial charge in [0.1, 0.15) is 11.5 Å². The number of aliphatic hydroxyl groups excluding tert-OH is 1. The van der Waals surface area contributed by atoms with Gasteiger partial charge in [0.15, 0.2) is 11.6 Å². The van der Waals surface area contributed by atoms with Gasteiger partial charge in [-0.25, -0.2) is 4.79 Å². The summed E-state index contributed by atoms with van der Waals surface area (Å²) in [5.74, 6) is -0.430. The summed E-state index contributed by atoms with van der Waals surface area (Å²) in [5.41, 5.74) is 0.942. The summed E-state index contributed by atoms with van der Waals surface area (Å²) in [5, 5.41) is 37.9. The van der Waals surface area contributed by atoms with E-state index in [9.17, 15) is 15.0 Å².